The van der Waals surface area contributed by atoms with Crippen molar-refractivity contribution in [3.63, 3.8) is 0 Å². The highest BCUT2D eigenvalue weighted by molar-refractivity contribution is 5.97. The van der Waals surface area contributed by atoms with E-state index in [0.29, 0.717) is 29.1 Å². The van der Waals surface area contributed by atoms with Gasteiger partial charge in [0.1, 0.15) is 11.9 Å². The van der Waals surface area contributed by atoms with Crippen molar-refractivity contribution < 1.29 is 19.1 Å². The molecule has 1 aromatic rings. The third-order valence-electron chi connectivity index (χ3n) is 7.65. The molecular weight excluding hydrogens is 340 g/mol. The van der Waals surface area contributed by atoms with Crippen LogP contribution in [0.3, 0.4) is 0 Å². The molecule has 5 atom stereocenters. The van der Waals surface area contributed by atoms with E-state index in [-0.39, 0.29) is 23.3 Å². The summed E-state index contributed by atoms with van der Waals surface area (Å²) in [5, 5.41) is 0. The molecule has 0 N–H and O–H groups in total. The Morgan fingerprint density at radius 1 is 1.11 bits per heavy atom. The molecule has 27 heavy (non-hydrogen) atoms. The number of ether oxygens (including phenoxy) is 2. The summed E-state index contributed by atoms with van der Waals surface area (Å²) in [6.45, 7) is 5.47. The van der Waals surface area contributed by atoms with Gasteiger partial charge in [0.15, 0.2) is 5.78 Å². The highest BCUT2D eigenvalue weighted by Gasteiger charge is 2.56. The van der Waals surface area contributed by atoms with Crippen LogP contribution in [-0.4, -0.2) is 25.0 Å². The van der Waals surface area contributed by atoms with Crippen LogP contribution in [0.4, 0.5) is 0 Å². The molecule has 0 spiro atoms. The maximum Gasteiger partial charge on any atom is 0.302 e. The van der Waals surface area contributed by atoms with E-state index in [1.54, 1.807) is 14.0 Å². The minimum Gasteiger partial charge on any atom is -0.496 e. The second kappa shape index (κ2) is 6.65. The average Bonchev–Trinajstić information content (AvgIpc) is 2.96. The molecule has 2 saturated carbocycles. The lowest BCUT2D eigenvalue weighted by Crippen LogP contribution is -2.45. The third kappa shape index (κ3) is 2.88. The monoisotopic (exact) mass is 370 g/mol. The first kappa shape index (κ1) is 18.5. The number of carbonyl (C=O) groups excluding carboxylic acids is 2. The van der Waals surface area contributed by atoms with E-state index in [9.17, 15) is 9.59 Å². The van der Waals surface area contributed by atoms with Crippen LogP contribution < -0.4 is 4.74 Å². The van der Waals surface area contributed by atoms with Crippen molar-refractivity contribution >= 4 is 11.8 Å². The van der Waals surface area contributed by atoms with E-state index in [4.69, 9.17) is 9.47 Å². The topological polar surface area (TPSA) is 52.6 Å². The largest absolute Gasteiger partial charge is 0.496 e. The lowest BCUT2D eigenvalue weighted by molar-refractivity contribution is -0.154. The molecule has 0 heterocycles. The van der Waals surface area contributed by atoms with Gasteiger partial charge in [0, 0.05) is 12.3 Å². The minimum atomic E-state index is -0.156. The summed E-state index contributed by atoms with van der Waals surface area (Å²) in [6, 6.07) is 4.20. The van der Waals surface area contributed by atoms with Gasteiger partial charge in [-0.3, -0.25) is 9.59 Å². The summed E-state index contributed by atoms with van der Waals surface area (Å²) in [5.74, 6) is 2.33. The molecule has 0 radical (unpaired) electrons. The van der Waals surface area contributed by atoms with Crippen molar-refractivity contribution in [3.05, 3.63) is 28.8 Å². The second-order valence-corrected chi connectivity index (χ2v) is 8.94. The Hall–Kier alpha value is -1.84. The van der Waals surface area contributed by atoms with E-state index in [1.165, 1.54) is 24.5 Å². The smallest absolute Gasteiger partial charge is 0.302 e. The molecular formula is C23H30O4. The number of hydrogen-bond donors (Lipinski definition) is 0. The first-order chi connectivity index (χ1) is 12.8. The van der Waals surface area contributed by atoms with E-state index < -0.39 is 0 Å². The lowest BCUT2D eigenvalue weighted by Gasteiger charge is -2.50. The molecule has 1 aromatic carbocycles. The summed E-state index contributed by atoms with van der Waals surface area (Å²) in [5.41, 5.74) is 3.50. The molecule has 0 amide bonds. The summed E-state index contributed by atoms with van der Waals surface area (Å²) in [6.07, 6.45) is 6.58. The van der Waals surface area contributed by atoms with Crippen molar-refractivity contribution in [1.29, 1.82) is 0 Å². The van der Waals surface area contributed by atoms with Crippen molar-refractivity contribution in [2.24, 2.45) is 17.3 Å². The van der Waals surface area contributed by atoms with Crippen molar-refractivity contribution in [2.45, 2.75) is 71.3 Å². The quantitative estimate of drug-likeness (QED) is 0.572. The van der Waals surface area contributed by atoms with E-state index in [2.05, 4.69) is 19.1 Å². The molecule has 3 aliphatic carbocycles. The second-order valence-electron chi connectivity index (χ2n) is 8.94. The van der Waals surface area contributed by atoms with Crippen LogP contribution in [0, 0.1) is 17.3 Å². The number of esters is 1. The number of Topliss-reactive ketones (excluding diaryl/α,β-unsaturated/α-hetero) is 1. The Labute approximate surface area is 161 Å². The number of ketones is 1. The van der Waals surface area contributed by atoms with Gasteiger partial charge < -0.3 is 9.47 Å². The van der Waals surface area contributed by atoms with E-state index in [0.717, 1.165) is 32.1 Å². The number of hydrogen-bond acceptors (Lipinski definition) is 4. The average molecular weight is 370 g/mol. The highest BCUT2D eigenvalue weighted by Crippen LogP contribution is 2.61. The fourth-order valence-electron chi connectivity index (χ4n) is 6.39. The zero-order chi connectivity index (χ0) is 19.3. The van der Waals surface area contributed by atoms with Crippen molar-refractivity contribution in [1.82, 2.24) is 0 Å². The normalized spacial score (nSPS) is 34.2. The van der Waals surface area contributed by atoms with Gasteiger partial charge in [-0.1, -0.05) is 6.92 Å². The van der Waals surface area contributed by atoms with Crippen LogP contribution >= 0.6 is 0 Å². The van der Waals surface area contributed by atoms with Gasteiger partial charge in [-0.05, 0) is 86.5 Å². The fraction of sp³-hybridized carbons (Fsp3) is 0.652. The molecule has 146 valence electrons. The maximum absolute atomic E-state index is 12.1. The predicted molar refractivity (Wildman–Crippen MR) is 103 cm³/mol. The Kier molecular flexibility index (Phi) is 4.56. The first-order valence-electron chi connectivity index (χ1n) is 10.2. The molecule has 3 aliphatic rings. The summed E-state index contributed by atoms with van der Waals surface area (Å²) in [4.78, 5) is 23.7. The third-order valence-corrected chi connectivity index (χ3v) is 7.65. The zero-order valence-electron chi connectivity index (χ0n) is 16.8. The Morgan fingerprint density at radius 3 is 2.56 bits per heavy atom. The van der Waals surface area contributed by atoms with E-state index >= 15 is 0 Å². The number of fused-ring (bicyclic) bond motifs is 5. The molecule has 2 fully saturated rings. The molecule has 0 aliphatic heterocycles. The van der Waals surface area contributed by atoms with Crippen LogP contribution in [0.2, 0.25) is 0 Å². The van der Waals surface area contributed by atoms with Crippen LogP contribution in [-0.2, 0) is 16.0 Å². The van der Waals surface area contributed by atoms with Crippen LogP contribution in [0.25, 0.3) is 0 Å². The molecule has 0 saturated heterocycles. The van der Waals surface area contributed by atoms with Gasteiger partial charge in [0.2, 0.25) is 0 Å². The summed E-state index contributed by atoms with van der Waals surface area (Å²) >= 11 is 0. The summed E-state index contributed by atoms with van der Waals surface area (Å²) < 4.78 is 11.2. The van der Waals surface area contributed by atoms with Crippen molar-refractivity contribution in [2.75, 3.05) is 7.11 Å². The lowest BCUT2D eigenvalue weighted by atomic mass is 9.55. The molecule has 4 heteroatoms. The van der Waals surface area contributed by atoms with Crippen molar-refractivity contribution in [3.8, 4) is 5.75 Å². The molecule has 0 unspecified atom stereocenters. The van der Waals surface area contributed by atoms with Gasteiger partial charge in [0.25, 0.3) is 0 Å². The molecule has 4 rings (SSSR count). The Morgan fingerprint density at radius 2 is 1.89 bits per heavy atom. The number of benzene rings is 1. The first-order valence-corrected chi connectivity index (χ1v) is 10.2. The van der Waals surface area contributed by atoms with Crippen LogP contribution in [0.15, 0.2) is 12.1 Å². The molecule has 0 bridgehead atoms. The van der Waals surface area contributed by atoms with Gasteiger partial charge in [-0.15, -0.1) is 0 Å². The van der Waals surface area contributed by atoms with Gasteiger partial charge in [0.05, 0.1) is 12.7 Å². The number of rotatable bonds is 3. The molecule has 0 aromatic heterocycles. The minimum absolute atomic E-state index is 0.0611. The standard InChI is InChI=1S/C23H30O4/c1-13(24)18-12-19-15(11-21(18)26-4)5-6-17-16(19)9-10-23(3)20(17)7-8-22(23)27-14(2)25/h11-12,16-17,20,22H,5-10H2,1-4H3/t16-,17+,20-,22+,23-/m0/s1. The maximum atomic E-state index is 12.1. The number of carbonyl (C=O) groups is 2. The SMILES string of the molecule is COc1cc2c(cc1C(C)=O)[C@H]1CC[C@]3(C)[C@H](OC(C)=O)CC[C@H]3[C@@H]1CC2. The number of aryl methyl sites for hydroxylation is 1. The van der Waals surface area contributed by atoms with Gasteiger partial charge in [-0.25, -0.2) is 0 Å². The van der Waals surface area contributed by atoms with Gasteiger partial charge >= 0.3 is 5.97 Å². The fourth-order valence-corrected chi connectivity index (χ4v) is 6.39. The Balaban J connectivity index is 1.67. The predicted octanol–water partition coefficient (Wildman–Crippen LogP) is 4.69. The van der Waals surface area contributed by atoms with Gasteiger partial charge in [-0.2, -0.15) is 0 Å². The zero-order valence-corrected chi connectivity index (χ0v) is 16.8. The van der Waals surface area contributed by atoms with E-state index in [1.807, 2.05) is 0 Å². The Bertz CT molecular complexity index is 783. The highest BCUT2D eigenvalue weighted by atomic mass is 16.5. The molecule has 4 nitrogen and oxygen atoms in total. The van der Waals surface area contributed by atoms with Crippen LogP contribution in [0.1, 0.15) is 80.3 Å². The van der Waals surface area contributed by atoms with Crippen LogP contribution in [0.5, 0.6) is 5.75 Å². The number of methoxy groups -OCH3 is 1. The summed E-state index contributed by atoms with van der Waals surface area (Å²) in [7, 11) is 1.64.